The Morgan fingerprint density at radius 1 is 1.37 bits per heavy atom. The molecular weight excluding hydrogens is 398 g/mol. The van der Waals surface area contributed by atoms with Gasteiger partial charge in [0.2, 0.25) is 0 Å². The van der Waals surface area contributed by atoms with Crippen molar-refractivity contribution in [2.75, 3.05) is 4.72 Å². The molecule has 19 heavy (non-hydrogen) atoms. The largest absolute Gasteiger partial charge is 0.332 e. The zero-order valence-corrected chi connectivity index (χ0v) is 13.9. The summed E-state index contributed by atoms with van der Waals surface area (Å²) in [5.41, 5.74) is 0.468. The Bertz CT molecular complexity index is 698. The SMILES string of the molecule is CCc1ncc(S(=O)(=O)Nc2ccc(Br)cc2Br)[nH]1. The number of nitrogens with zero attached hydrogens (tertiary/aromatic N) is 1. The third-order valence-corrected chi connectivity index (χ3v) is 4.83. The molecule has 102 valence electrons. The zero-order valence-electron chi connectivity index (χ0n) is 9.94. The molecule has 2 aromatic rings. The maximum Gasteiger partial charge on any atom is 0.279 e. The lowest BCUT2D eigenvalue weighted by Crippen LogP contribution is -2.13. The van der Waals surface area contributed by atoms with Crippen molar-refractivity contribution in [3.8, 4) is 0 Å². The van der Waals surface area contributed by atoms with Gasteiger partial charge in [-0.05, 0) is 34.1 Å². The van der Waals surface area contributed by atoms with Gasteiger partial charge >= 0.3 is 0 Å². The first-order chi connectivity index (χ1) is 8.92. The van der Waals surface area contributed by atoms with Crippen LogP contribution in [0.3, 0.4) is 0 Å². The van der Waals surface area contributed by atoms with E-state index in [1.807, 2.05) is 6.92 Å². The lowest BCUT2D eigenvalue weighted by Gasteiger charge is -2.08. The summed E-state index contributed by atoms with van der Waals surface area (Å²) in [6.07, 6.45) is 1.96. The Morgan fingerprint density at radius 3 is 2.68 bits per heavy atom. The van der Waals surface area contributed by atoms with Gasteiger partial charge in [0.05, 0.1) is 11.9 Å². The number of aryl methyl sites for hydroxylation is 1. The Kier molecular flexibility index (Phi) is 4.32. The van der Waals surface area contributed by atoms with Crippen molar-refractivity contribution in [2.24, 2.45) is 0 Å². The van der Waals surface area contributed by atoms with Crippen molar-refractivity contribution in [3.63, 3.8) is 0 Å². The van der Waals surface area contributed by atoms with Crippen LogP contribution in [0, 0.1) is 0 Å². The van der Waals surface area contributed by atoms with E-state index in [-0.39, 0.29) is 5.03 Å². The first-order valence-electron chi connectivity index (χ1n) is 5.44. The molecule has 0 amide bonds. The van der Waals surface area contributed by atoms with Gasteiger partial charge in [-0.25, -0.2) is 4.98 Å². The molecule has 8 heteroatoms. The van der Waals surface area contributed by atoms with E-state index in [0.29, 0.717) is 22.4 Å². The minimum Gasteiger partial charge on any atom is -0.332 e. The summed E-state index contributed by atoms with van der Waals surface area (Å²) in [4.78, 5) is 6.75. The summed E-state index contributed by atoms with van der Waals surface area (Å²) < 4.78 is 28.3. The summed E-state index contributed by atoms with van der Waals surface area (Å²) in [6.45, 7) is 1.90. The maximum absolute atomic E-state index is 12.2. The summed E-state index contributed by atoms with van der Waals surface area (Å²) in [5.74, 6) is 0.634. The molecule has 1 aromatic heterocycles. The minimum absolute atomic E-state index is 0.0548. The normalized spacial score (nSPS) is 11.5. The van der Waals surface area contributed by atoms with Crippen molar-refractivity contribution >= 4 is 47.6 Å². The molecule has 0 aliphatic heterocycles. The number of imidazole rings is 1. The summed E-state index contributed by atoms with van der Waals surface area (Å²) in [6, 6.07) is 5.19. The Labute approximate surface area is 128 Å². The number of H-pyrrole nitrogens is 1. The Hall–Kier alpha value is -0.860. The van der Waals surface area contributed by atoms with Crippen LogP contribution in [0.15, 0.2) is 38.4 Å². The molecule has 0 saturated heterocycles. The van der Waals surface area contributed by atoms with Gasteiger partial charge in [-0.2, -0.15) is 8.42 Å². The highest BCUT2D eigenvalue weighted by Gasteiger charge is 2.18. The van der Waals surface area contributed by atoms with Crippen molar-refractivity contribution < 1.29 is 8.42 Å². The van der Waals surface area contributed by atoms with E-state index >= 15 is 0 Å². The van der Waals surface area contributed by atoms with Gasteiger partial charge in [-0.1, -0.05) is 22.9 Å². The number of anilines is 1. The highest BCUT2D eigenvalue weighted by Crippen LogP contribution is 2.27. The summed E-state index contributed by atoms with van der Waals surface area (Å²) in [7, 11) is -3.65. The Balaban J connectivity index is 2.30. The van der Waals surface area contributed by atoms with Gasteiger partial charge in [0, 0.05) is 15.4 Å². The standard InChI is InChI=1S/C11H11Br2N3O2S/c1-2-10-14-6-11(15-10)19(17,18)16-9-4-3-7(12)5-8(9)13/h3-6,16H,2H2,1H3,(H,14,15). The highest BCUT2D eigenvalue weighted by molar-refractivity contribution is 9.11. The van der Waals surface area contributed by atoms with Gasteiger partial charge < -0.3 is 4.98 Å². The fourth-order valence-corrected chi connectivity index (χ4v) is 3.73. The minimum atomic E-state index is -3.65. The highest BCUT2D eigenvalue weighted by atomic mass is 79.9. The summed E-state index contributed by atoms with van der Waals surface area (Å²) >= 11 is 6.62. The monoisotopic (exact) mass is 407 g/mol. The van der Waals surface area contributed by atoms with E-state index in [1.165, 1.54) is 6.20 Å². The van der Waals surface area contributed by atoms with Crippen LogP contribution in [0.2, 0.25) is 0 Å². The van der Waals surface area contributed by atoms with Crippen LogP contribution >= 0.6 is 31.9 Å². The van der Waals surface area contributed by atoms with Crippen molar-refractivity contribution in [1.82, 2.24) is 9.97 Å². The average Bonchev–Trinajstić information content (AvgIpc) is 2.82. The number of halogens is 2. The van der Waals surface area contributed by atoms with Gasteiger partial charge in [-0.3, -0.25) is 4.72 Å². The van der Waals surface area contributed by atoms with E-state index in [1.54, 1.807) is 18.2 Å². The van der Waals surface area contributed by atoms with Crippen LogP contribution in [-0.2, 0) is 16.4 Å². The first-order valence-corrected chi connectivity index (χ1v) is 8.51. The van der Waals surface area contributed by atoms with Gasteiger partial charge in [0.15, 0.2) is 5.03 Å². The second kappa shape index (κ2) is 5.64. The molecule has 0 atom stereocenters. The molecule has 0 aliphatic rings. The fraction of sp³-hybridized carbons (Fsp3) is 0.182. The quantitative estimate of drug-likeness (QED) is 0.814. The molecule has 0 aliphatic carbocycles. The number of aromatic amines is 1. The molecule has 0 unspecified atom stereocenters. The number of hydrogen-bond acceptors (Lipinski definition) is 3. The van der Waals surface area contributed by atoms with E-state index in [2.05, 4.69) is 46.5 Å². The molecule has 1 aromatic carbocycles. The molecule has 1 heterocycles. The average molecular weight is 409 g/mol. The third-order valence-electron chi connectivity index (χ3n) is 2.40. The van der Waals surface area contributed by atoms with Crippen LogP contribution in [0.25, 0.3) is 0 Å². The molecule has 0 radical (unpaired) electrons. The second-order valence-corrected chi connectivity index (χ2v) is 7.20. The molecule has 2 rings (SSSR count). The van der Waals surface area contributed by atoms with Crippen LogP contribution < -0.4 is 4.72 Å². The van der Waals surface area contributed by atoms with Crippen molar-refractivity contribution in [3.05, 3.63) is 39.2 Å². The van der Waals surface area contributed by atoms with E-state index in [9.17, 15) is 8.42 Å². The smallest absolute Gasteiger partial charge is 0.279 e. The van der Waals surface area contributed by atoms with Crippen LogP contribution in [0.5, 0.6) is 0 Å². The van der Waals surface area contributed by atoms with Gasteiger partial charge in [-0.15, -0.1) is 0 Å². The van der Waals surface area contributed by atoms with E-state index < -0.39 is 10.0 Å². The number of hydrogen-bond donors (Lipinski definition) is 2. The van der Waals surface area contributed by atoms with Crippen molar-refractivity contribution in [1.29, 1.82) is 0 Å². The fourth-order valence-electron chi connectivity index (χ4n) is 1.43. The number of aromatic nitrogens is 2. The topological polar surface area (TPSA) is 74.8 Å². The zero-order chi connectivity index (χ0) is 14.0. The molecule has 0 fully saturated rings. The van der Waals surface area contributed by atoms with Gasteiger partial charge in [0.1, 0.15) is 5.82 Å². The maximum atomic E-state index is 12.2. The lowest BCUT2D eigenvalue weighted by molar-refractivity contribution is 0.598. The molecule has 0 saturated carbocycles. The van der Waals surface area contributed by atoms with Crippen LogP contribution in [0.4, 0.5) is 5.69 Å². The molecular formula is C11H11Br2N3O2S. The predicted octanol–water partition coefficient (Wildman–Crippen LogP) is 3.30. The second-order valence-electron chi connectivity index (χ2n) is 3.78. The van der Waals surface area contributed by atoms with E-state index in [4.69, 9.17) is 0 Å². The number of benzene rings is 1. The summed E-state index contributed by atoms with van der Waals surface area (Å²) in [5, 5.41) is 0.0548. The van der Waals surface area contributed by atoms with Crippen LogP contribution in [-0.4, -0.2) is 18.4 Å². The van der Waals surface area contributed by atoms with Crippen molar-refractivity contribution in [2.45, 2.75) is 18.4 Å². The number of rotatable bonds is 4. The molecule has 0 bridgehead atoms. The van der Waals surface area contributed by atoms with Gasteiger partial charge in [0.25, 0.3) is 10.0 Å². The molecule has 0 spiro atoms. The third kappa shape index (κ3) is 3.37. The first kappa shape index (κ1) is 14.5. The number of nitrogens with one attached hydrogen (secondary N) is 2. The Morgan fingerprint density at radius 2 is 2.11 bits per heavy atom. The number of sulfonamides is 1. The predicted molar refractivity (Wildman–Crippen MR) is 80.6 cm³/mol. The molecule has 5 nitrogen and oxygen atoms in total. The van der Waals surface area contributed by atoms with E-state index in [0.717, 1.165) is 4.47 Å². The lowest BCUT2D eigenvalue weighted by atomic mass is 10.3. The molecule has 2 N–H and O–H groups in total. The van der Waals surface area contributed by atoms with Crippen LogP contribution in [0.1, 0.15) is 12.7 Å².